The van der Waals surface area contributed by atoms with Gasteiger partial charge in [0, 0.05) is 43.4 Å². The monoisotopic (exact) mass is 1000 g/mol. The Morgan fingerprint density at radius 2 is 1.41 bits per heavy atom. The number of hydrogen-bond acceptors (Lipinski definition) is 18. The van der Waals surface area contributed by atoms with Crippen LogP contribution in [0.4, 0.5) is 0 Å². The van der Waals surface area contributed by atoms with E-state index in [0.29, 0.717) is 35.7 Å². The summed E-state index contributed by atoms with van der Waals surface area (Å²) >= 11 is 0. The first-order chi connectivity index (χ1) is 33.6. The minimum atomic E-state index is -1.21. The number of hydrogen-bond donors (Lipinski definition) is 4. The first-order valence-corrected chi connectivity index (χ1v) is 23.3. The summed E-state index contributed by atoms with van der Waals surface area (Å²) in [6.45, 7) is 14.1. The second-order valence-electron chi connectivity index (χ2n) is 18.1. The molecule has 0 aliphatic carbocycles. The Labute approximate surface area is 416 Å². The van der Waals surface area contributed by atoms with Crippen LogP contribution in [0, 0.1) is 11.8 Å². The molecule has 0 aromatic heterocycles. The zero-order valence-electron chi connectivity index (χ0n) is 43.3. The van der Waals surface area contributed by atoms with Crippen molar-refractivity contribution in [1.29, 1.82) is 0 Å². The molecular weight excluding hydrogens is 929 g/mol. The van der Waals surface area contributed by atoms with Crippen LogP contribution in [0.5, 0.6) is 34.5 Å². The molecule has 2 aromatic rings. The molecule has 2 aromatic carbocycles. The van der Waals surface area contributed by atoms with Crippen molar-refractivity contribution in [2.45, 2.75) is 129 Å². The smallest absolute Gasteiger partial charge is 0.342 e. The number of cyclic esters (lactones) is 1. The third-order valence-corrected chi connectivity index (χ3v) is 11.9. The molecule has 396 valence electrons. The Kier molecular flexibility index (Phi) is 21.8. The van der Waals surface area contributed by atoms with Crippen LogP contribution >= 0.6 is 0 Å². The van der Waals surface area contributed by atoms with Crippen LogP contribution in [-0.2, 0) is 33.2 Å². The van der Waals surface area contributed by atoms with E-state index in [-0.39, 0.29) is 59.4 Å². The molecule has 0 saturated carbocycles. The molecule has 0 bridgehead atoms. The van der Waals surface area contributed by atoms with Crippen LogP contribution in [0.3, 0.4) is 0 Å². The largest absolute Gasteiger partial charge is 0.493 e. The molecular formula is C52H74O19. The molecule has 2 fully saturated rings. The van der Waals surface area contributed by atoms with Gasteiger partial charge in [0.2, 0.25) is 0 Å². The summed E-state index contributed by atoms with van der Waals surface area (Å²) in [6.07, 6.45) is 9.34. The fourth-order valence-corrected chi connectivity index (χ4v) is 7.98. The predicted octanol–water partition coefficient (Wildman–Crippen LogP) is 6.96. The third-order valence-electron chi connectivity index (χ3n) is 11.9. The topological polar surface area (TPSA) is 235 Å². The molecule has 2 unspecified atom stereocenters. The van der Waals surface area contributed by atoms with Crippen LogP contribution in [0.2, 0.25) is 0 Å². The van der Waals surface area contributed by atoms with E-state index in [1.807, 2.05) is 39.8 Å². The fourth-order valence-electron chi connectivity index (χ4n) is 7.98. The highest BCUT2D eigenvalue weighted by molar-refractivity contribution is 5.99. The van der Waals surface area contributed by atoms with Crippen molar-refractivity contribution in [2.24, 2.45) is 11.8 Å². The summed E-state index contributed by atoms with van der Waals surface area (Å²) in [6, 6.07) is 3.01. The number of carboxylic acids is 1. The second kappa shape index (κ2) is 26.5. The highest BCUT2D eigenvalue weighted by Crippen LogP contribution is 2.43. The highest BCUT2D eigenvalue weighted by Gasteiger charge is 2.45. The van der Waals surface area contributed by atoms with Gasteiger partial charge in [0.05, 0.1) is 46.8 Å². The van der Waals surface area contributed by atoms with E-state index in [2.05, 4.69) is 0 Å². The van der Waals surface area contributed by atoms with Gasteiger partial charge in [0.25, 0.3) is 0 Å². The number of esters is 1. The molecule has 19 nitrogen and oxygen atoms in total. The number of ether oxygens (including phenoxy) is 13. The van der Waals surface area contributed by atoms with Gasteiger partial charge in [-0.1, -0.05) is 62.5 Å². The number of aromatic carboxylic acids is 1. The molecule has 0 amide bonds. The van der Waals surface area contributed by atoms with Crippen molar-refractivity contribution in [2.75, 3.05) is 56.2 Å². The molecule has 2 saturated heterocycles. The van der Waals surface area contributed by atoms with Crippen LogP contribution in [0.1, 0.15) is 100 Å². The van der Waals surface area contributed by atoms with Gasteiger partial charge in [-0.2, -0.15) is 0 Å². The molecule has 4 N–H and O–H groups in total. The number of fused-ring (bicyclic) bond motifs is 2. The Hall–Kier alpha value is -5.22. The van der Waals surface area contributed by atoms with Crippen LogP contribution < -0.4 is 28.4 Å². The van der Waals surface area contributed by atoms with Gasteiger partial charge in [-0.05, 0) is 60.3 Å². The number of carboxylic acid groups (broad SMARTS) is 1. The van der Waals surface area contributed by atoms with Crippen molar-refractivity contribution in [1.82, 2.24) is 0 Å². The zero-order valence-corrected chi connectivity index (χ0v) is 43.3. The maximum absolute atomic E-state index is 13.4. The molecule has 3 heterocycles. The number of aliphatic hydroxyl groups is 3. The van der Waals surface area contributed by atoms with E-state index in [4.69, 9.17) is 61.6 Å². The van der Waals surface area contributed by atoms with Crippen molar-refractivity contribution in [3.8, 4) is 34.5 Å². The first-order valence-electron chi connectivity index (χ1n) is 23.3. The number of carbonyl (C=O) groups is 2. The summed E-state index contributed by atoms with van der Waals surface area (Å²) in [5, 5.41) is 41.2. The molecule has 10 atom stereocenters. The van der Waals surface area contributed by atoms with Gasteiger partial charge in [-0.3, -0.25) is 0 Å². The van der Waals surface area contributed by atoms with Gasteiger partial charge in [0.1, 0.15) is 53.1 Å². The SMILES string of the molecule is COCOc1cc(OC)c(OC)c(/C=C/C[C@@H]2OC(C)(C)O[C@@H]2C(O)/C=C\[C@@H](C)[C@H](C)O)c1C(=O)O.COCOc1cc(OC)c(OC)c2c1C(=O)O[C@@H](C)[C@H](C)/C=C\C(O)[C@H]1OC(C)(C)O[C@H]1CC=C2. The Balaban J connectivity index is 0.000000309. The van der Waals surface area contributed by atoms with Gasteiger partial charge < -0.3 is 82.0 Å². The molecule has 0 radical (unpaired) electrons. The van der Waals surface area contributed by atoms with E-state index in [9.17, 15) is 30.0 Å². The normalized spacial score (nSPS) is 25.6. The number of rotatable bonds is 18. The molecule has 71 heavy (non-hydrogen) atoms. The lowest BCUT2D eigenvalue weighted by molar-refractivity contribution is -0.152. The lowest BCUT2D eigenvalue weighted by Crippen LogP contribution is -2.34. The Bertz CT molecular complexity index is 2190. The number of methoxy groups -OCH3 is 6. The van der Waals surface area contributed by atoms with Gasteiger partial charge >= 0.3 is 11.9 Å². The summed E-state index contributed by atoms with van der Waals surface area (Å²) < 4.78 is 72.9. The Morgan fingerprint density at radius 1 is 0.803 bits per heavy atom. The summed E-state index contributed by atoms with van der Waals surface area (Å²) in [7, 11) is 8.78. The van der Waals surface area contributed by atoms with E-state index in [1.54, 1.807) is 70.2 Å². The fraction of sp³-hybridized carbons (Fsp3) is 0.577. The minimum absolute atomic E-state index is 0.0638. The summed E-state index contributed by atoms with van der Waals surface area (Å²) in [5.41, 5.74) is 0.759. The number of carbonyl (C=O) groups excluding carboxylic acids is 1. The van der Waals surface area contributed by atoms with E-state index in [1.165, 1.54) is 48.7 Å². The lowest BCUT2D eigenvalue weighted by atomic mass is 9.98. The maximum Gasteiger partial charge on any atom is 0.342 e. The molecule has 3 aliphatic rings. The average molecular weight is 1000 g/mol. The standard InChI is InChI=1S/C26H38O10.C26H36O9/c1-15(16(2)27)11-12-18(28)24-19(35-26(3,4)36-24)10-8-9-17-22(25(29)30)20(34-14-31-5)13-21(32-6)23(17)33-7;1-15-11-12-18(27)24-19(34-26(3,4)35-24)10-8-9-17-22(25(28)33-16(15)2)20(32-14-29-5)13-21(30-6)23(17)31-7/h8-9,11-13,15-16,18-19,24,27-28H,10,14H2,1-7H3,(H,29,30);8-9,11-13,15-16,18-19,24,27H,10,14H2,1-7H3/b9-8+,12-11-;9-8?,12-11-/t2*15-,16+,18?,19+,24-/m11/s1. The van der Waals surface area contributed by atoms with Crippen molar-refractivity contribution < 1.29 is 91.6 Å². The zero-order chi connectivity index (χ0) is 52.8. The van der Waals surface area contributed by atoms with Gasteiger partial charge in [-0.15, -0.1) is 0 Å². The average Bonchev–Trinajstić information content (AvgIpc) is 3.82. The third kappa shape index (κ3) is 15.4. The maximum atomic E-state index is 13.4. The number of aliphatic hydroxyl groups excluding tert-OH is 3. The van der Waals surface area contributed by atoms with Crippen LogP contribution in [-0.4, -0.2) is 149 Å². The number of benzene rings is 2. The van der Waals surface area contributed by atoms with Gasteiger partial charge in [-0.25, -0.2) is 9.59 Å². The molecule has 5 rings (SSSR count). The van der Waals surface area contributed by atoms with Crippen LogP contribution in [0.15, 0.2) is 48.6 Å². The highest BCUT2D eigenvalue weighted by atomic mass is 16.8. The Morgan fingerprint density at radius 3 is 2.00 bits per heavy atom. The lowest BCUT2D eigenvalue weighted by Gasteiger charge is -2.23. The van der Waals surface area contributed by atoms with Crippen molar-refractivity contribution >= 4 is 24.1 Å². The summed E-state index contributed by atoms with van der Waals surface area (Å²) in [4.78, 5) is 25.6. The van der Waals surface area contributed by atoms with Crippen LogP contribution in [0.25, 0.3) is 12.2 Å². The molecule has 19 heteroatoms. The van der Waals surface area contributed by atoms with Gasteiger partial charge in [0.15, 0.2) is 48.2 Å². The van der Waals surface area contributed by atoms with E-state index >= 15 is 0 Å². The van der Waals surface area contributed by atoms with Crippen molar-refractivity contribution in [3.63, 3.8) is 0 Å². The van der Waals surface area contributed by atoms with E-state index < -0.39 is 72.3 Å². The minimum Gasteiger partial charge on any atom is -0.493 e. The second-order valence-corrected chi connectivity index (χ2v) is 18.1. The predicted molar refractivity (Wildman–Crippen MR) is 261 cm³/mol. The van der Waals surface area contributed by atoms with Crippen molar-refractivity contribution in [3.05, 3.63) is 70.8 Å². The molecule has 3 aliphatic heterocycles. The first kappa shape index (κ1) is 58.4. The van der Waals surface area contributed by atoms with E-state index in [0.717, 1.165) is 0 Å². The summed E-state index contributed by atoms with van der Waals surface area (Å²) in [5.74, 6) is -2.32. The molecule has 0 spiro atoms. The quantitative estimate of drug-likeness (QED) is 0.0671.